The minimum Gasteiger partial charge on any atom is -0.324 e. The molecule has 1 unspecified atom stereocenters. The number of carbonyl (C=O) groups excluding carboxylic acids is 1. The van der Waals surface area contributed by atoms with E-state index in [-0.39, 0.29) is 36.8 Å². The van der Waals surface area contributed by atoms with Crippen LogP contribution in [0.2, 0.25) is 0 Å². The Bertz CT molecular complexity index is 466. The van der Waals surface area contributed by atoms with E-state index in [0.717, 1.165) is 29.4 Å². The highest BCUT2D eigenvalue weighted by atomic mass is 35.5. The van der Waals surface area contributed by atoms with Crippen molar-refractivity contribution in [3.05, 3.63) is 29.3 Å². The van der Waals surface area contributed by atoms with Gasteiger partial charge in [0.2, 0.25) is 5.91 Å². The zero-order valence-electron chi connectivity index (χ0n) is 12.5. The molecule has 1 atom stereocenters. The first-order valence-corrected chi connectivity index (χ1v) is 7.58. The Balaban J connectivity index is 0.00000200. The highest BCUT2D eigenvalue weighted by Gasteiger charge is 2.22. The monoisotopic (exact) mass is 351 g/mol. The topological polar surface area (TPSA) is 44.4 Å². The van der Waals surface area contributed by atoms with E-state index < -0.39 is 0 Å². The van der Waals surface area contributed by atoms with E-state index >= 15 is 0 Å². The number of anilines is 1. The molecule has 1 fully saturated rings. The van der Waals surface area contributed by atoms with E-state index in [4.69, 9.17) is 0 Å². The van der Waals surface area contributed by atoms with Gasteiger partial charge in [0.05, 0.1) is 6.04 Å². The van der Waals surface area contributed by atoms with Crippen LogP contribution in [0.4, 0.5) is 5.69 Å². The predicted molar refractivity (Wildman–Crippen MR) is 95.9 cm³/mol. The Morgan fingerprint density at radius 2 is 2.14 bits per heavy atom. The number of thioether (sulfide) groups is 1. The molecular weight excluding hydrogens is 329 g/mol. The second-order valence-electron chi connectivity index (χ2n) is 5.15. The van der Waals surface area contributed by atoms with Crippen LogP contribution in [0, 0.1) is 6.92 Å². The normalized spacial score (nSPS) is 17.0. The summed E-state index contributed by atoms with van der Waals surface area (Å²) in [5, 5.41) is 6.22. The van der Waals surface area contributed by atoms with Crippen LogP contribution in [-0.4, -0.2) is 42.6 Å². The van der Waals surface area contributed by atoms with Gasteiger partial charge in [-0.2, -0.15) is 0 Å². The first-order valence-electron chi connectivity index (χ1n) is 6.42. The maximum absolute atomic E-state index is 12.1. The summed E-state index contributed by atoms with van der Waals surface area (Å²) in [4.78, 5) is 14.2. The van der Waals surface area contributed by atoms with Crippen LogP contribution < -0.4 is 10.6 Å². The Labute approximate surface area is 143 Å². The number of rotatable bonds is 4. The van der Waals surface area contributed by atoms with Crippen molar-refractivity contribution in [2.75, 3.05) is 31.0 Å². The molecule has 2 rings (SSSR count). The molecule has 1 aliphatic heterocycles. The van der Waals surface area contributed by atoms with Gasteiger partial charge in [-0.25, -0.2) is 0 Å². The van der Waals surface area contributed by atoms with Crippen LogP contribution >= 0.6 is 36.6 Å². The second-order valence-corrected chi connectivity index (χ2v) is 6.18. The lowest BCUT2D eigenvalue weighted by atomic mass is 10.1. The maximum atomic E-state index is 12.1. The van der Waals surface area contributed by atoms with Crippen LogP contribution in [0.15, 0.2) is 18.2 Å². The van der Waals surface area contributed by atoms with E-state index in [1.165, 1.54) is 5.56 Å². The van der Waals surface area contributed by atoms with Crippen molar-refractivity contribution in [3.63, 3.8) is 0 Å². The number of halogens is 2. The van der Waals surface area contributed by atoms with Gasteiger partial charge >= 0.3 is 0 Å². The average molecular weight is 352 g/mol. The number of carbonyl (C=O) groups is 1. The predicted octanol–water partition coefficient (Wildman–Crippen LogP) is 2.50. The molecule has 0 spiro atoms. The van der Waals surface area contributed by atoms with Gasteiger partial charge in [0.25, 0.3) is 0 Å². The molecule has 1 aromatic carbocycles. The molecule has 120 valence electrons. The number of amides is 1. The van der Waals surface area contributed by atoms with Crippen molar-refractivity contribution in [2.24, 2.45) is 0 Å². The van der Waals surface area contributed by atoms with Gasteiger partial charge in [0.15, 0.2) is 0 Å². The van der Waals surface area contributed by atoms with Gasteiger partial charge in [0.1, 0.15) is 0 Å². The summed E-state index contributed by atoms with van der Waals surface area (Å²) in [5.41, 5.74) is 3.23. The molecule has 7 heteroatoms. The first kappa shape index (κ1) is 20.5. The van der Waals surface area contributed by atoms with Crippen molar-refractivity contribution in [2.45, 2.75) is 19.5 Å². The summed E-state index contributed by atoms with van der Waals surface area (Å²) in [5.74, 6) is 1.77. The summed E-state index contributed by atoms with van der Waals surface area (Å²) < 4.78 is 0. The fourth-order valence-electron chi connectivity index (χ4n) is 2.05. The minimum atomic E-state index is -0.0677. The molecule has 2 N–H and O–H groups in total. The molecule has 1 saturated heterocycles. The van der Waals surface area contributed by atoms with Crippen molar-refractivity contribution in [1.29, 1.82) is 0 Å². The molecule has 0 aromatic heterocycles. The van der Waals surface area contributed by atoms with Gasteiger partial charge < -0.3 is 10.2 Å². The SMILES string of the molecule is Cc1ccc(CN(C)C)cc1NC(=O)C1CSCN1.Cl.Cl. The van der Waals surface area contributed by atoms with Gasteiger partial charge in [0, 0.05) is 23.9 Å². The third kappa shape index (κ3) is 6.04. The molecule has 0 aliphatic carbocycles. The summed E-state index contributed by atoms with van der Waals surface area (Å²) in [6.45, 7) is 2.90. The average Bonchev–Trinajstić information content (AvgIpc) is 2.86. The standard InChI is InChI=1S/C14H21N3OS.2ClH/c1-10-4-5-11(7-17(2)3)6-12(10)16-14(18)13-8-19-9-15-13;;/h4-6,13,15H,7-9H2,1-3H3,(H,16,18);2*1H. The molecule has 0 saturated carbocycles. The fraction of sp³-hybridized carbons (Fsp3) is 0.500. The number of nitrogens with one attached hydrogen (secondary N) is 2. The number of nitrogens with zero attached hydrogens (tertiary/aromatic N) is 1. The Hall–Kier alpha value is -0.460. The zero-order chi connectivity index (χ0) is 13.8. The fourth-order valence-corrected chi connectivity index (χ4v) is 2.99. The van der Waals surface area contributed by atoms with E-state index in [1.807, 2.05) is 21.0 Å². The molecule has 1 heterocycles. The lowest BCUT2D eigenvalue weighted by Gasteiger charge is -2.15. The van der Waals surface area contributed by atoms with Crippen molar-refractivity contribution in [1.82, 2.24) is 10.2 Å². The van der Waals surface area contributed by atoms with Crippen LogP contribution in [-0.2, 0) is 11.3 Å². The first-order chi connectivity index (χ1) is 9.06. The Morgan fingerprint density at radius 1 is 1.43 bits per heavy atom. The van der Waals surface area contributed by atoms with Crippen LogP contribution in [0.1, 0.15) is 11.1 Å². The molecule has 1 aromatic rings. The van der Waals surface area contributed by atoms with Gasteiger partial charge in [-0.1, -0.05) is 12.1 Å². The zero-order valence-corrected chi connectivity index (χ0v) is 15.0. The number of hydrogen-bond donors (Lipinski definition) is 2. The molecule has 1 aliphatic rings. The van der Waals surface area contributed by atoms with E-state index in [2.05, 4.69) is 33.7 Å². The Morgan fingerprint density at radius 3 is 2.71 bits per heavy atom. The van der Waals surface area contributed by atoms with E-state index in [0.29, 0.717) is 0 Å². The Kier molecular flexibility index (Phi) is 9.33. The highest BCUT2D eigenvalue weighted by molar-refractivity contribution is 7.99. The third-order valence-electron chi connectivity index (χ3n) is 3.09. The van der Waals surface area contributed by atoms with Crippen LogP contribution in [0.25, 0.3) is 0 Å². The molecular formula is C14H23Cl2N3OS. The van der Waals surface area contributed by atoms with Gasteiger partial charge in [-0.15, -0.1) is 36.6 Å². The maximum Gasteiger partial charge on any atom is 0.242 e. The van der Waals surface area contributed by atoms with E-state index in [9.17, 15) is 4.79 Å². The van der Waals surface area contributed by atoms with Crippen molar-refractivity contribution in [3.8, 4) is 0 Å². The van der Waals surface area contributed by atoms with Crippen molar-refractivity contribution >= 4 is 48.2 Å². The quantitative estimate of drug-likeness (QED) is 0.874. The number of benzene rings is 1. The summed E-state index contributed by atoms with van der Waals surface area (Å²) >= 11 is 1.76. The van der Waals surface area contributed by atoms with Crippen LogP contribution in [0.3, 0.4) is 0 Å². The largest absolute Gasteiger partial charge is 0.324 e. The number of hydrogen-bond acceptors (Lipinski definition) is 4. The molecule has 0 radical (unpaired) electrons. The molecule has 1 amide bonds. The van der Waals surface area contributed by atoms with E-state index in [1.54, 1.807) is 11.8 Å². The minimum absolute atomic E-state index is 0. The highest BCUT2D eigenvalue weighted by Crippen LogP contribution is 2.19. The van der Waals surface area contributed by atoms with Gasteiger partial charge in [-0.05, 0) is 38.2 Å². The lowest BCUT2D eigenvalue weighted by Crippen LogP contribution is -2.37. The van der Waals surface area contributed by atoms with Gasteiger partial charge in [-0.3, -0.25) is 10.1 Å². The van der Waals surface area contributed by atoms with Crippen molar-refractivity contribution < 1.29 is 4.79 Å². The summed E-state index contributed by atoms with van der Waals surface area (Å²) in [6.07, 6.45) is 0. The summed E-state index contributed by atoms with van der Waals surface area (Å²) in [6, 6.07) is 6.16. The second kappa shape index (κ2) is 9.54. The molecule has 0 bridgehead atoms. The van der Waals surface area contributed by atoms with Crippen LogP contribution in [0.5, 0.6) is 0 Å². The smallest absolute Gasteiger partial charge is 0.242 e. The number of aryl methyl sites for hydroxylation is 1. The third-order valence-corrected chi connectivity index (χ3v) is 4.03. The molecule has 4 nitrogen and oxygen atoms in total. The lowest BCUT2D eigenvalue weighted by molar-refractivity contribution is -0.117. The molecule has 21 heavy (non-hydrogen) atoms. The summed E-state index contributed by atoms with van der Waals surface area (Å²) in [7, 11) is 4.08.